The number of aromatic amines is 1. The fourth-order valence-electron chi connectivity index (χ4n) is 2.61. The Morgan fingerprint density at radius 1 is 1.26 bits per heavy atom. The summed E-state index contributed by atoms with van der Waals surface area (Å²) in [6.45, 7) is 1.52. The predicted octanol–water partition coefficient (Wildman–Crippen LogP) is 2.02. The van der Waals surface area contributed by atoms with Crippen molar-refractivity contribution in [2.75, 3.05) is 6.61 Å². The lowest BCUT2D eigenvalue weighted by molar-refractivity contribution is 0.0299. The summed E-state index contributed by atoms with van der Waals surface area (Å²) in [6, 6.07) is 8.18. The van der Waals surface area contributed by atoms with Crippen LogP contribution in [-0.2, 0) is 5.60 Å². The van der Waals surface area contributed by atoms with E-state index >= 15 is 0 Å². The van der Waals surface area contributed by atoms with E-state index in [2.05, 4.69) is 4.98 Å². The standard InChI is InChI=1S/C17H17FN2O3/c1-17(23,6-7-21)12-4-2-11(3-5-12)14-10-20-9-13(18)8-15(20)16(22)19-14/h2-5,8-10,21,23H,6-7H2,1H3,(H,19,22). The van der Waals surface area contributed by atoms with Crippen molar-refractivity contribution in [1.82, 2.24) is 9.38 Å². The second kappa shape index (κ2) is 5.64. The van der Waals surface area contributed by atoms with Gasteiger partial charge in [0, 0.05) is 31.5 Å². The summed E-state index contributed by atoms with van der Waals surface area (Å²) in [4.78, 5) is 14.7. The maximum Gasteiger partial charge on any atom is 0.272 e. The number of nitrogens with zero attached hydrogens (tertiary/aromatic N) is 1. The van der Waals surface area contributed by atoms with Crippen LogP contribution in [0.4, 0.5) is 4.39 Å². The zero-order valence-electron chi connectivity index (χ0n) is 12.6. The van der Waals surface area contributed by atoms with Gasteiger partial charge in [-0.1, -0.05) is 24.3 Å². The largest absolute Gasteiger partial charge is 0.396 e. The molecule has 120 valence electrons. The molecule has 5 nitrogen and oxygen atoms in total. The Kier molecular flexibility index (Phi) is 3.79. The van der Waals surface area contributed by atoms with Crippen LogP contribution >= 0.6 is 0 Å². The SMILES string of the molecule is CC(O)(CCO)c1ccc(-c2cn3cc(F)cc3c(=O)[nH]2)cc1. The van der Waals surface area contributed by atoms with Crippen LogP contribution in [-0.4, -0.2) is 26.2 Å². The van der Waals surface area contributed by atoms with Gasteiger partial charge in [-0.25, -0.2) is 4.39 Å². The summed E-state index contributed by atoms with van der Waals surface area (Å²) in [7, 11) is 0. The maximum absolute atomic E-state index is 13.3. The molecule has 0 aliphatic rings. The molecule has 2 heterocycles. The van der Waals surface area contributed by atoms with Crippen molar-refractivity contribution >= 4 is 5.52 Å². The average molecular weight is 316 g/mol. The number of nitrogens with one attached hydrogen (secondary N) is 1. The lowest BCUT2D eigenvalue weighted by Gasteiger charge is -2.23. The molecule has 3 N–H and O–H groups in total. The normalized spacial score (nSPS) is 14.1. The number of hydrogen-bond acceptors (Lipinski definition) is 3. The average Bonchev–Trinajstić information content (AvgIpc) is 2.88. The van der Waals surface area contributed by atoms with Crippen LogP contribution in [0, 0.1) is 5.82 Å². The number of aliphatic hydroxyl groups excluding tert-OH is 1. The lowest BCUT2D eigenvalue weighted by Crippen LogP contribution is -2.22. The summed E-state index contributed by atoms with van der Waals surface area (Å²) < 4.78 is 14.7. The van der Waals surface area contributed by atoms with Gasteiger partial charge in [-0.3, -0.25) is 4.79 Å². The molecule has 1 atom stereocenters. The fourth-order valence-corrected chi connectivity index (χ4v) is 2.61. The van der Waals surface area contributed by atoms with Crippen molar-refractivity contribution in [2.45, 2.75) is 18.9 Å². The number of halogens is 1. The Balaban J connectivity index is 2.01. The van der Waals surface area contributed by atoms with E-state index < -0.39 is 11.4 Å². The van der Waals surface area contributed by atoms with Crippen LogP contribution in [0.15, 0.2) is 47.5 Å². The number of H-pyrrole nitrogens is 1. The zero-order chi connectivity index (χ0) is 16.6. The smallest absolute Gasteiger partial charge is 0.272 e. The molecule has 0 saturated carbocycles. The highest BCUT2D eigenvalue weighted by Crippen LogP contribution is 2.26. The minimum absolute atomic E-state index is 0.113. The summed E-state index contributed by atoms with van der Waals surface area (Å²) in [5.41, 5.74) is 0.712. The molecule has 23 heavy (non-hydrogen) atoms. The Morgan fingerprint density at radius 3 is 2.61 bits per heavy atom. The summed E-state index contributed by atoms with van der Waals surface area (Å²) in [5.74, 6) is -0.469. The van der Waals surface area contributed by atoms with Crippen LogP contribution in [0.3, 0.4) is 0 Å². The molecule has 1 aromatic carbocycles. The van der Waals surface area contributed by atoms with Gasteiger partial charge in [0.05, 0.1) is 11.3 Å². The molecule has 0 aliphatic heterocycles. The van der Waals surface area contributed by atoms with Crippen LogP contribution in [0.2, 0.25) is 0 Å². The molecule has 0 spiro atoms. The minimum Gasteiger partial charge on any atom is -0.396 e. The number of benzene rings is 1. The minimum atomic E-state index is -1.12. The highest BCUT2D eigenvalue weighted by molar-refractivity contribution is 5.61. The van der Waals surface area contributed by atoms with E-state index in [1.807, 2.05) is 0 Å². The molecule has 0 saturated heterocycles. The molecule has 0 amide bonds. The van der Waals surface area contributed by atoms with Gasteiger partial charge in [0.25, 0.3) is 5.56 Å². The van der Waals surface area contributed by atoms with E-state index in [0.29, 0.717) is 11.3 Å². The predicted molar refractivity (Wildman–Crippen MR) is 84.7 cm³/mol. The highest BCUT2D eigenvalue weighted by atomic mass is 19.1. The number of aliphatic hydroxyl groups is 2. The van der Waals surface area contributed by atoms with Crippen molar-refractivity contribution in [1.29, 1.82) is 0 Å². The van der Waals surface area contributed by atoms with E-state index in [1.54, 1.807) is 37.4 Å². The van der Waals surface area contributed by atoms with Gasteiger partial charge in [0.2, 0.25) is 0 Å². The molecule has 0 aliphatic carbocycles. The first kappa shape index (κ1) is 15.5. The molecule has 2 aromatic heterocycles. The van der Waals surface area contributed by atoms with Crippen LogP contribution < -0.4 is 5.56 Å². The van der Waals surface area contributed by atoms with Gasteiger partial charge in [0.1, 0.15) is 11.3 Å². The van der Waals surface area contributed by atoms with Gasteiger partial charge >= 0.3 is 0 Å². The Hall–Kier alpha value is -2.44. The van der Waals surface area contributed by atoms with Gasteiger partial charge in [0.15, 0.2) is 0 Å². The molecule has 3 rings (SSSR count). The fraction of sp³-hybridized carbons (Fsp3) is 0.235. The zero-order valence-corrected chi connectivity index (χ0v) is 12.6. The van der Waals surface area contributed by atoms with Gasteiger partial charge in [-0.05, 0) is 18.1 Å². The van der Waals surface area contributed by atoms with Crippen molar-refractivity contribution < 1.29 is 14.6 Å². The lowest BCUT2D eigenvalue weighted by atomic mass is 9.92. The van der Waals surface area contributed by atoms with Gasteiger partial charge in [-0.2, -0.15) is 0 Å². The molecular weight excluding hydrogens is 299 g/mol. The van der Waals surface area contributed by atoms with Crippen molar-refractivity contribution in [3.63, 3.8) is 0 Å². The monoisotopic (exact) mass is 316 g/mol. The molecule has 0 bridgehead atoms. The Morgan fingerprint density at radius 2 is 1.96 bits per heavy atom. The van der Waals surface area contributed by atoms with Gasteiger partial charge in [-0.15, -0.1) is 0 Å². The van der Waals surface area contributed by atoms with Crippen molar-refractivity contribution in [3.8, 4) is 11.3 Å². The number of aromatic nitrogens is 2. The maximum atomic E-state index is 13.3. The molecular formula is C17H17FN2O3. The molecule has 3 aromatic rings. The first-order valence-corrected chi connectivity index (χ1v) is 7.25. The summed E-state index contributed by atoms with van der Waals surface area (Å²) in [5, 5.41) is 19.3. The van der Waals surface area contributed by atoms with Crippen LogP contribution in [0.25, 0.3) is 16.8 Å². The molecule has 6 heteroatoms. The second-order valence-corrected chi connectivity index (χ2v) is 5.77. The first-order chi connectivity index (χ1) is 10.9. The van der Waals surface area contributed by atoms with Crippen molar-refractivity contribution in [3.05, 3.63) is 64.5 Å². The molecule has 1 unspecified atom stereocenters. The third kappa shape index (κ3) is 2.91. The Labute approximate surface area is 131 Å². The molecule has 0 fully saturated rings. The van der Waals surface area contributed by atoms with E-state index in [9.17, 15) is 14.3 Å². The van der Waals surface area contributed by atoms with Crippen LogP contribution in [0.5, 0.6) is 0 Å². The molecule has 0 radical (unpaired) electrons. The third-order valence-electron chi connectivity index (χ3n) is 3.98. The van der Waals surface area contributed by atoms with E-state index in [-0.39, 0.29) is 24.1 Å². The second-order valence-electron chi connectivity index (χ2n) is 5.77. The van der Waals surface area contributed by atoms with Crippen molar-refractivity contribution in [2.24, 2.45) is 0 Å². The van der Waals surface area contributed by atoms with E-state index in [1.165, 1.54) is 16.7 Å². The van der Waals surface area contributed by atoms with E-state index in [0.717, 1.165) is 5.56 Å². The summed E-state index contributed by atoms with van der Waals surface area (Å²) >= 11 is 0. The Bertz CT molecular complexity index is 894. The quantitative estimate of drug-likeness (QED) is 0.689. The number of fused-ring (bicyclic) bond motifs is 1. The topological polar surface area (TPSA) is 77.7 Å². The number of rotatable bonds is 4. The highest BCUT2D eigenvalue weighted by Gasteiger charge is 2.22. The van der Waals surface area contributed by atoms with Crippen LogP contribution in [0.1, 0.15) is 18.9 Å². The number of hydrogen-bond donors (Lipinski definition) is 3. The van der Waals surface area contributed by atoms with Gasteiger partial charge < -0.3 is 19.6 Å². The summed E-state index contributed by atoms with van der Waals surface area (Å²) in [6.07, 6.45) is 3.12. The first-order valence-electron chi connectivity index (χ1n) is 7.25. The third-order valence-corrected chi connectivity index (χ3v) is 3.98. The van der Waals surface area contributed by atoms with E-state index in [4.69, 9.17) is 5.11 Å².